The van der Waals surface area contributed by atoms with Crippen molar-refractivity contribution in [3.63, 3.8) is 0 Å². The number of ether oxygens (including phenoxy) is 1. The first kappa shape index (κ1) is 11.9. The molecule has 5 heteroatoms. The van der Waals surface area contributed by atoms with Gasteiger partial charge in [0.15, 0.2) is 11.5 Å². The molecule has 0 amide bonds. The van der Waals surface area contributed by atoms with E-state index >= 15 is 0 Å². The third-order valence-electron chi connectivity index (χ3n) is 1.40. The van der Waals surface area contributed by atoms with E-state index < -0.39 is 17.4 Å². The van der Waals surface area contributed by atoms with Crippen molar-refractivity contribution >= 4 is 17.6 Å². The summed E-state index contributed by atoms with van der Waals surface area (Å²) in [6.45, 7) is 5.08. The highest BCUT2D eigenvalue weighted by atomic mass is 35.5. The van der Waals surface area contributed by atoms with Crippen molar-refractivity contribution in [1.29, 1.82) is 0 Å². The molecule has 1 heterocycles. The number of carbonyl (C=O) groups excluding carboxylic acids is 1. The summed E-state index contributed by atoms with van der Waals surface area (Å²) in [6, 6.07) is 1.02. The van der Waals surface area contributed by atoms with Crippen molar-refractivity contribution in [2.24, 2.45) is 0 Å². The largest absolute Gasteiger partial charge is 0.455 e. The Labute approximate surface area is 92.2 Å². The van der Waals surface area contributed by atoms with E-state index in [0.29, 0.717) is 0 Å². The highest BCUT2D eigenvalue weighted by Gasteiger charge is 2.21. The van der Waals surface area contributed by atoms with Crippen molar-refractivity contribution in [1.82, 2.24) is 4.98 Å². The van der Waals surface area contributed by atoms with Crippen molar-refractivity contribution in [3.05, 3.63) is 28.8 Å². The van der Waals surface area contributed by atoms with Crippen LogP contribution in [0.4, 0.5) is 4.39 Å². The van der Waals surface area contributed by atoms with Gasteiger partial charge in [0.25, 0.3) is 0 Å². The fourth-order valence-electron chi connectivity index (χ4n) is 0.891. The molecule has 1 aromatic rings. The Balaban J connectivity index is 2.92. The van der Waals surface area contributed by atoms with Crippen LogP contribution in [0.3, 0.4) is 0 Å². The van der Waals surface area contributed by atoms with Gasteiger partial charge in [0, 0.05) is 6.20 Å². The normalized spacial score (nSPS) is 11.3. The molecule has 0 radical (unpaired) electrons. The predicted molar refractivity (Wildman–Crippen MR) is 54.4 cm³/mol. The van der Waals surface area contributed by atoms with Crippen molar-refractivity contribution in [2.75, 3.05) is 0 Å². The Kier molecular flexibility index (Phi) is 3.29. The van der Waals surface area contributed by atoms with Crippen molar-refractivity contribution < 1.29 is 13.9 Å². The average Bonchev–Trinajstić information content (AvgIpc) is 1.99. The van der Waals surface area contributed by atoms with Crippen LogP contribution in [-0.2, 0) is 4.74 Å². The monoisotopic (exact) mass is 231 g/mol. The molecule has 15 heavy (non-hydrogen) atoms. The van der Waals surface area contributed by atoms with E-state index in [1.54, 1.807) is 20.8 Å². The summed E-state index contributed by atoms with van der Waals surface area (Å²) < 4.78 is 18.2. The molecule has 82 valence electrons. The van der Waals surface area contributed by atoms with Crippen LogP contribution in [0.15, 0.2) is 12.3 Å². The molecule has 0 unspecified atom stereocenters. The second-order valence-electron chi connectivity index (χ2n) is 3.99. The van der Waals surface area contributed by atoms with Crippen LogP contribution in [0.25, 0.3) is 0 Å². The molecule has 0 saturated carbocycles. The van der Waals surface area contributed by atoms with Gasteiger partial charge in [0.2, 0.25) is 0 Å². The number of hydrogen-bond donors (Lipinski definition) is 0. The Morgan fingerprint density at radius 2 is 2.13 bits per heavy atom. The Hall–Kier alpha value is -1.16. The van der Waals surface area contributed by atoms with Crippen LogP contribution in [-0.4, -0.2) is 16.6 Å². The second kappa shape index (κ2) is 4.14. The minimum Gasteiger partial charge on any atom is -0.455 e. The minimum atomic E-state index is -0.795. The zero-order valence-corrected chi connectivity index (χ0v) is 9.43. The fraction of sp³-hybridized carbons (Fsp3) is 0.400. The van der Waals surface area contributed by atoms with E-state index in [4.69, 9.17) is 16.3 Å². The van der Waals surface area contributed by atoms with Crippen LogP contribution < -0.4 is 0 Å². The van der Waals surface area contributed by atoms with Gasteiger partial charge >= 0.3 is 5.97 Å². The maximum atomic E-state index is 13.2. The number of halogens is 2. The number of esters is 1. The number of hydrogen-bond acceptors (Lipinski definition) is 3. The molecule has 0 atom stereocenters. The molecule has 0 bridgehead atoms. The van der Waals surface area contributed by atoms with E-state index in [2.05, 4.69) is 4.98 Å². The van der Waals surface area contributed by atoms with Gasteiger partial charge in [-0.25, -0.2) is 14.2 Å². The van der Waals surface area contributed by atoms with Crippen LogP contribution in [0.2, 0.25) is 5.02 Å². The topological polar surface area (TPSA) is 39.2 Å². The average molecular weight is 232 g/mol. The molecule has 0 aromatic carbocycles. The summed E-state index contributed by atoms with van der Waals surface area (Å²) in [6.07, 6.45) is 1.20. The number of aromatic nitrogens is 1. The molecule has 0 spiro atoms. The van der Waals surface area contributed by atoms with Crippen LogP contribution in [0, 0.1) is 5.82 Å². The van der Waals surface area contributed by atoms with Crippen LogP contribution in [0.1, 0.15) is 31.3 Å². The van der Waals surface area contributed by atoms with Crippen LogP contribution >= 0.6 is 11.6 Å². The highest BCUT2D eigenvalue weighted by molar-refractivity contribution is 6.30. The molecule has 0 N–H and O–H groups in total. The van der Waals surface area contributed by atoms with Crippen LogP contribution in [0.5, 0.6) is 0 Å². The van der Waals surface area contributed by atoms with E-state index in [-0.39, 0.29) is 10.7 Å². The predicted octanol–water partition coefficient (Wildman–Crippen LogP) is 2.83. The maximum absolute atomic E-state index is 13.2. The smallest absolute Gasteiger partial charge is 0.360 e. The lowest BCUT2D eigenvalue weighted by molar-refractivity contribution is 0.00576. The Bertz CT molecular complexity index is 387. The zero-order chi connectivity index (χ0) is 11.6. The SMILES string of the molecule is CC(C)(C)OC(=O)c1ncc(Cl)cc1F. The molecule has 1 aromatic heterocycles. The van der Waals surface area contributed by atoms with Gasteiger partial charge in [-0.2, -0.15) is 0 Å². The van der Waals surface area contributed by atoms with Crippen molar-refractivity contribution in [3.8, 4) is 0 Å². The van der Waals surface area contributed by atoms with E-state index in [1.165, 1.54) is 6.20 Å². The molecule has 0 aliphatic heterocycles. The Morgan fingerprint density at radius 3 is 2.60 bits per heavy atom. The molecular weight excluding hydrogens is 221 g/mol. The lowest BCUT2D eigenvalue weighted by atomic mass is 10.2. The summed E-state index contributed by atoms with van der Waals surface area (Å²) in [4.78, 5) is 15.0. The Morgan fingerprint density at radius 1 is 1.53 bits per heavy atom. The van der Waals surface area contributed by atoms with Gasteiger partial charge < -0.3 is 4.74 Å². The first-order valence-corrected chi connectivity index (χ1v) is 4.72. The van der Waals surface area contributed by atoms with Gasteiger partial charge in [-0.15, -0.1) is 0 Å². The van der Waals surface area contributed by atoms with Gasteiger partial charge in [-0.1, -0.05) is 11.6 Å². The number of nitrogens with zero attached hydrogens (tertiary/aromatic N) is 1. The molecule has 1 rings (SSSR count). The lowest BCUT2D eigenvalue weighted by Crippen LogP contribution is -2.25. The van der Waals surface area contributed by atoms with E-state index in [9.17, 15) is 9.18 Å². The quantitative estimate of drug-likeness (QED) is 0.698. The summed E-state index contributed by atoms with van der Waals surface area (Å²) in [5.41, 5.74) is -1.03. The molecule has 0 fully saturated rings. The number of rotatable bonds is 1. The maximum Gasteiger partial charge on any atom is 0.360 e. The molecule has 0 aliphatic rings. The number of carbonyl (C=O) groups is 1. The van der Waals surface area contributed by atoms with Crippen molar-refractivity contribution in [2.45, 2.75) is 26.4 Å². The number of pyridine rings is 1. The summed E-state index contributed by atoms with van der Waals surface area (Å²) in [7, 11) is 0. The molecule has 0 saturated heterocycles. The second-order valence-corrected chi connectivity index (χ2v) is 4.42. The van der Waals surface area contributed by atoms with E-state index in [0.717, 1.165) is 6.07 Å². The van der Waals surface area contributed by atoms with Gasteiger partial charge in [0.05, 0.1) is 5.02 Å². The first-order chi connectivity index (χ1) is 6.79. The zero-order valence-electron chi connectivity index (χ0n) is 8.67. The standard InChI is InChI=1S/C10H11ClFNO2/c1-10(2,3)15-9(14)8-7(12)4-6(11)5-13-8/h4-5H,1-3H3. The highest BCUT2D eigenvalue weighted by Crippen LogP contribution is 2.15. The molecule has 3 nitrogen and oxygen atoms in total. The van der Waals surface area contributed by atoms with Gasteiger partial charge in [0.1, 0.15) is 5.60 Å². The molecule has 0 aliphatic carbocycles. The molecular formula is C10H11ClFNO2. The third kappa shape index (κ3) is 3.47. The fourth-order valence-corrected chi connectivity index (χ4v) is 1.04. The van der Waals surface area contributed by atoms with Gasteiger partial charge in [-0.3, -0.25) is 0 Å². The lowest BCUT2D eigenvalue weighted by Gasteiger charge is -2.19. The summed E-state index contributed by atoms with van der Waals surface area (Å²) >= 11 is 5.50. The first-order valence-electron chi connectivity index (χ1n) is 4.34. The van der Waals surface area contributed by atoms with E-state index in [1.807, 2.05) is 0 Å². The summed E-state index contributed by atoms with van der Waals surface area (Å²) in [5, 5.41) is 0.139. The van der Waals surface area contributed by atoms with Gasteiger partial charge in [-0.05, 0) is 26.8 Å². The third-order valence-corrected chi connectivity index (χ3v) is 1.61. The minimum absolute atomic E-state index is 0.139. The summed E-state index contributed by atoms with van der Waals surface area (Å²) in [5.74, 6) is -1.58.